The van der Waals surface area contributed by atoms with Crippen molar-refractivity contribution in [3.63, 3.8) is 0 Å². The second-order valence-corrected chi connectivity index (χ2v) is 4.01. The minimum Gasteiger partial charge on any atom is -0.396 e. The Hall–Kier alpha value is -0.960. The highest BCUT2D eigenvalue weighted by atomic mass is 19.1. The number of aliphatic hydroxyl groups excluding tert-OH is 1. The molecule has 2 nitrogen and oxygen atoms in total. The van der Waals surface area contributed by atoms with Crippen LogP contribution in [0.4, 0.5) is 4.39 Å². The molecular formula is C11H14FNO. The molecule has 14 heavy (non-hydrogen) atoms. The highest BCUT2D eigenvalue weighted by molar-refractivity contribution is 5.37. The van der Waals surface area contributed by atoms with Crippen LogP contribution in [0.5, 0.6) is 0 Å². The van der Waals surface area contributed by atoms with E-state index in [1.54, 1.807) is 6.92 Å². The molecule has 0 aromatic carbocycles. The van der Waals surface area contributed by atoms with Gasteiger partial charge in [0.15, 0.2) is 0 Å². The molecule has 1 aliphatic carbocycles. The first-order valence-corrected chi connectivity index (χ1v) is 4.88. The highest BCUT2D eigenvalue weighted by Crippen LogP contribution is 2.31. The van der Waals surface area contributed by atoms with E-state index in [-0.39, 0.29) is 18.3 Å². The van der Waals surface area contributed by atoms with Crippen molar-refractivity contribution in [3.8, 4) is 0 Å². The maximum absolute atomic E-state index is 13.6. The van der Waals surface area contributed by atoms with Gasteiger partial charge in [-0.2, -0.15) is 0 Å². The van der Waals surface area contributed by atoms with E-state index in [2.05, 4.69) is 4.98 Å². The Morgan fingerprint density at radius 1 is 1.29 bits per heavy atom. The van der Waals surface area contributed by atoms with E-state index in [0.29, 0.717) is 12.1 Å². The summed E-state index contributed by atoms with van der Waals surface area (Å²) in [6.45, 7) is 3.73. The Morgan fingerprint density at radius 2 is 1.93 bits per heavy atom. The van der Waals surface area contributed by atoms with Crippen LogP contribution >= 0.6 is 0 Å². The van der Waals surface area contributed by atoms with Crippen molar-refractivity contribution in [1.29, 1.82) is 0 Å². The van der Waals surface area contributed by atoms with Gasteiger partial charge in [0, 0.05) is 12.3 Å². The Labute approximate surface area is 82.8 Å². The average molecular weight is 195 g/mol. The van der Waals surface area contributed by atoms with Crippen LogP contribution in [-0.2, 0) is 12.8 Å². The lowest BCUT2D eigenvalue weighted by Crippen LogP contribution is -2.04. The van der Waals surface area contributed by atoms with E-state index in [9.17, 15) is 4.39 Å². The van der Waals surface area contributed by atoms with Gasteiger partial charge in [-0.3, -0.25) is 4.98 Å². The Morgan fingerprint density at radius 3 is 2.57 bits per heavy atom. The van der Waals surface area contributed by atoms with Crippen molar-refractivity contribution in [2.75, 3.05) is 6.61 Å². The molecule has 0 radical (unpaired) electrons. The molecule has 3 heteroatoms. The maximum Gasteiger partial charge on any atom is 0.147 e. The SMILES string of the molecule is Cc1nc(C)c2c(c1F)CC(CO)C2. The van der Waals surface area contributed by atoms with Crippen LogP contribution in [0.3, 0.4) is 0 Å². The third-order valence-corrected chi connectivity index (χ3v) is 2.96. The fourth-order valence-electron chi connectivity index (χ4n) is 2.20. The van der Waals surface area contributed by atoms with Gasteiger partial charge >= 0.3 is 0 Å². The molecule has 1 heterocycles. The van der Waals surface area contributed by atoms with Gasteiger partial charge < -0.3 is 5.11 Å². The van der Waals surface area contributed by atoms with Gasteiger partial charge in [0.1, 0.15) is 5.82 Å². The van der Waals surface area contributed by atoms with E-state index in [0.717, 1.165) is 23.2 Å². The summed E-state index contributed by atoms with van der Waals surface area (Å²) in [5.74, 6) is 0.00310. The second-order valence-electron chi connectivity index (χ2n) is 4.01. The van der Waals surface area contributed by atoms with E-state index in [1.807, 2.05) is 6.92 Å². The minimum absolute atomic E-state index is 0.132. The number of fused-ring (bicyclic) bond motifs is 1. The molecule has 2 rings (SSSR count). The molecule has 0 fully saturated rings. The number of pyridine rings is 1. The number of hydrogen-bond donors (Lipinski definition) is 1. The number of aliphatic hydroxyl groups is 1. The van der Waals surface area contributed by atoms with Crippen molar-refractivity contribution in [2.24, 2.45) is 5.92 Å². The number of rotatable bonds is 1. The van der Waals surface area contributed by atoms with Gasteiger partial charge in [-0.05, 0) is 43.7 Å². The van der Waals surface area contributed by atoms with Crippen LogP contribution in [0, 0.1) is 25.6 Å². The third kappa shape index (κ3) is 1.32. The summed E-state index contributed by atoms with van der Waals surface area (Å²) in [5.41, 5.74) is 3.16. The second kappa shape index (κ2) is 3.31. The van der Waals surface area contributed by atoms with Gasteiger partial charge in [-0.15, -0.1) is 0 Å². The zero-order chi connectivity index (χ0) is 10.3. The Balaban J connectivity index is 2.50. The van der Waals surface area contributed by atoms with Crippen LogP contribution in [0.2, 0.25) is 0 Å². The van der Waals surface area contributed by atoms with E-state index in [1.165, 1.54) is 0 Å². The topological polar surface area (TPSA) is 33.1 Å². The number of hydrogen-bond acceptors (Lipinski definition) is 2. The van der Waals surface area contributed by atoms with Crippen molar-refractivity contribution in [3.05, 3.63) is 28.3 Å². The number of aryl methyl sites for hydroxylation is 2. The first-order valence-electron chi connectivity index (χ1n) is 4.88. The molecular weight excluding hydrogens is 181 g/mol. The lowest BCUT2D eigenvalue weighted by atomic mass is 10.1. The predicted molar refractivity (Wildman–Crippen MR) is 51.7 cm³/mol. The molecule has 1 N–H and O–H groups in total. The number of nitrogens with zero attached hydrogens (tertiary/aromatic N) is 1. The predicted octanol–water partition coefficient (Wildman–Crippen LogP) is 1.54. The summed E-state index contributed by atoms with van der Waals surface area (Å²) >= 11 is 0. The van der Waals surface area contributed by atoms with E-state index < -0.39 is 0 Å². The molecule has 0 spiro atoms. The van der Waals surface area contributed by atoms with Crippen molar-refractivity contribution in [1.82, 2.24) is 4.98 Å². The molecule has 1 unspecified atom stereocenters. The molecule has 0 saturated heterocycles. The zero-order valence-corrected chi connectivity index (χ0v) is 8.47. The van der Waals surface area contributed by atoms with Gasteiger partial charge in [-0.1, -0.05) is 0 Å². The fourth-order valence-corrected chi connectivity index (χ4v) is 2.20. The molecule has 1 aliphatic rings. The Kier molecular flexibility index (Phi) is 2.27. The average Bonchev–Trinajstić information content (AvgIpc) is 2.58. The van der Waals surface area contributed by atoms with Crippen LogP contribution in [0.15, 0.2) is 0 Å². The van der Waals surface area contributed by atoms with E-state index in [4.69, 9.17) is 5.11 Å². The summed E-state index contributed by atoms with van der Waals surface area (Å²) in [6, 6.07) is 0. The van der Waals surface area contributed by atoms with Crippen LogP contribution in [0.25, 0.3) is 0 Å². The summed E-state index contributed by atoms with van der Waals surface area (Å²) in [6.07, 6.45) is 1.42. The summed E-state index contributed by atoms with van der Waals surface area (Å²) in [4.78, 5) is 4.16. The molecule has 1 aromatic rings. The first-order chi connectivity index (χ1) is 6.63. The monoisotopic (exact) mass is 195 g/mol. The maximum atomic E-state index is 13.6. The smallest absolute Gasteiger partial charge is 0.147 e. The lowest BCUT2D eigenvalue weighted by molar-refractivity contribution is 0.232. The molecule has 0 amide bonds. The van der Waals surface area contributed by atoms with Crippen LogP contribution in [-0.4, -0.2) is 16.7 Å². The first kappa shape index (κ1) is 9.59. The lowest BCUT2D eigenvalue weighted by Gasteiger charge is -2.06. The normalized spacial score (nSPS) is 19.9. The summed E-state index contributed by atoms with van der Waals surface area (Å²) in [5, 5.41) is 9.05. The van der Waals surface area contributed by atoms with Gasteiger partial charge in [-0.25, -0.2) is 4.39 Å². The number of halogens is 1. The van der Waals surface area contributed by atoms with Crippen molar-refractivity contribution < 1.29 is 9.50 Å². The Bertz CT molecular complexity index is 376. The molecule has 0 aliphatic heterocycles. The minimum atomic E-state index is -0.179. The van der Waals surface area contributed by atoms with Crippen LogP contribution < -0.4 is 0 Å². The summed E-state index contributed by atoms with van der Waals surface area (Å²) in [7, 11) is 0. The van der Waals surface area contributed by atoms with Gasteiger partial charge in [0.05, 0.1) is 5.69 Å². The summed E-state index contributed by atoms with van der Waals surface area (Å²) < 4.78 is 13.6. The molecule has 1 aromatic heterocycles. The highest BCUT2D eigenvalue weighted by Gasteiger charge is 2.26. The molecule has 0 saturated carbocycles. The largest absolute Gasteiger partial charge is 0.396 e. The third-order valence-electron chi connectivity index (χ3n) is 2.96. The molecule has 0 bridgehead atoms. The van der Waals surface area contributed by atoms with Crippen molar-refractivity contribution in [2.45, 2.75) is 26.7 Å². The fraction of sp³-hybridized carbons (Fsp3) is 0.545. The number of aromatic nitrogens is 1. The van der Waals surface area contributed by atoms with Crippen LogP contribution in [0.1, 0.15) is 22.5 Å². The quantitative estimate of drug-likeness (QED) is 0.737. The van der Waals surface area contributed by atoms with Gasteiger partial charge in [0.25, 0.3) is 0 Å². The standard InChI is InChI=1S/C11H14FNO/c1-6-9-3-8(5-14)4-10(9)11(12)7(2)13-6/h8,14H,3-5H2,1-2H3. The van der Waals surface area contributed by atoms with Crippen molar-refractivity contribution >= 4 is 0 Å². The zero-order valence-electron chi connectivity index (χ0n) is 8.47. The van der Waals surface area contributed by atoms with E-state index >= 15 is 0 Å². The molecule has 76 valence electrons. The molecule has 1 atom stereocenters. The van der Waals surface area contributed by atoms with Gasteiger partial charge in [0.2, 0.25) is 0 Å².